The number of ether oxygens (including phenoxy) is 3. The summed E-state index contributed by atoms with van der Waals surface area (Å²) in [7, 11) is -0.224. The second kappa shape index (κ2) is 20.6. The first-order valence-electron chi connectivity index (χ1n) is 19.1. The molecular weight excluding hydrogens is 797 g/mol. The average Bonchev–Trinajstić information content (AvgIpc) is 3.71. The molecule has 0 aromatic heterocycles. The molecule has 5 rings (SSSR count). The molecule has 0 aliphatic carbocycles. The molecule has 2 aromatic carbocycles. The lowest BCUT2D eigenvalue weighted by Gasteiger charge is -2.35. The largest absolute Gasteiger partial charge is 0.864 e. The van der Waals surface area contributed by atoms with Crippen LogP contribution in [-0.4, -0.2) is 72.1 Å². The maximum Gasteiger partial charge on any atom is 0.864 e. The Morgan fingerprint density at radius 1 is 0.962 bits per heavy atom. The van der Waals surface area contributed by atoms with E-state index < -0.39 is 26.7 Å². The van der Waals surface area contributed by atoms with Crippen molar-refractivity contribution < 1.29 is 57.1 Å². The maximum atomic E-state index is 11.2. The molecule has 12 nitrogen and oxygen atoms in total. The highest BCUT2D eigenvalue weighted by Gasteiger charge is 2.42. The number of carbonyl (C=O) groups is 1. The van der Waals surface area contributed by atoms with Crippen LogP contribution in [0.1, 0.15) is 115 Å². The normalized spacial score (nSPS) is 23.2. The van der Waals surface area contributed by atoms with E-state index in [2.05, 4.69) is 29.5 Å². The molecule has 53 heavy (non-hydrogen) atoms. The lowest BCUT2D eigenvalue weighted by molar-refractivity contribution is -0.137. The van der Waals surface area contributed by atoms with Crippen molar-refractivity contribution in [3.8, 4) is 23.0 Å². The molecule has 0 amide bonds. The molecule has 3 aliphatic heterocycles. The number of aliphatic carboxylic acids is 1. The number of rotatable bonds is 24. The van der Waals surface area contributed by atoms with Crippen LogP contribution in [0.4, 0.5) is 0 Å². The molecule has 2 fully saturated rings. The van der Waals surface area contributed by atoms with E-state index in [1.54, 1.807) is 13.2 Å². The Hall–Kier alpha value is -2.27. The SMILES string of the molecule is CCCCCC(OCc1ccc2c(c1)OB(Oc1cc(COB3OC(C)CC(C)(I)O3)ccc1OC)O2)C(O)CC1OC1CCCCCCCC(=O)O. The summed E-state index contributed by atoms with van der Waals surface area (Å²) in [4.78, 5) is 10.7. The number of aliphatic hydroxyl groups is 1. The summed E-state index contributed by atoms with van der Waals surface area (Å²) in [5.41, 5.74) is 1.72. The molecule has 6 unspecified atom stereocenters. The van der Waals surface area contributed by atoms with E-state index >= 15 is 0 Å². The van der Waals surface area contributed by atoms with Gasteiger partial charge >= 0.3 is 20.6 Å². The fourth-order valence-corrected chi connectivity index (χ4v) is 7.58. The molecule has 292 valence electrons. The van der Waals surface area contributed by atoms with E-state index in [0.29, 0.717) is 36.0 Å². The van der Waals surface area contributed by atoms with Crippen LogP contribution in [0, 0.1) is 0 Å². The molecule has 3 aliphatic rings. The van der Waals surface area contributed by atoms with Gasteiger partial charge in [-0.25, -0.2) is 0 Å². The quantitative estimate of drug-likeness (QED) is 0.0350. The highest BCUT2D eigenvalue weighted by molar-refractivity contribution is 14.1. The summed E-state index contributed by atoms with van der Waals surface area (Å²) in [5.74, 6) is 1.32. The zero-order valence-electron chi connectivity index (χ0n) is 31.5. The van der Waals surface area contributed by atoms with Gasteiger partial charge in [0.25, 0.3) is 0 Å². The number of methoxy groups -OCH3 is 1. The van der Waals surface area contributed by atoms with Crippen molar-refractivity contribution in [2.24, 2.45) is 0 Å². The first kappa shape index (κ1) is 41.9. The van der Waals surface area contributed by atoms with Crippen LogP contribution in [0.2, 0.25) is 0 Å². The number of fused-ring (bicyclic) bond motifs is 1. The Morgan fingerprint density at radius 3 is 2.49 bits per heavy atom. The summed E-state index contributed by atoms with van der Waals surface area (Å²) < 4.78 is 53.2. The Bertz CT molecular complexity index is 1450. The van der Waals surface area contributed by atoms with Crippen LogP contribution in [0.5, 0.6) is 23.0 Å². The molecule has 0 bridgehead atoms. The van der Waals surface area contributed by atoms with E-state index in [1.807, 2.05) is 44.2 Å². The Balaban J connectivity index is 1.08. The molecule has 2 N–H and O–H groups in total. The van der Waals surface area contributed by atoms with Crippen LogP contribution in [0.3, 0.4) is 0 Å². The highest BCUT2D eigenvalue weighted by atomic mass is 127. The predicted octanol–water partition coefficient (Wildman–Crippen LogP) is 7.81. The van der Waals surface area contributed by atoms with Crippen molar-refractivity contribution in [3.63, 3.8) is 0 Å². The lowest BCUT2D eigenvalue weighted by atomic mass is 9.99. The van der Waals surface area contributed by atoms with Crippen molar-refractivity contribution in [2.75, 3.05) is 7.11 Å². The molecule has 2 aromatic rings. The third-order valence-electron chi connectivity index (χ3n) is 9.66. The van der Waals surface area contributed by atoms with Crippen LogP contribution in [0.25, 0.3) is 0 Å². The molecule has 0 saturated carbocycles. The number of unbranched alkanes of at least 4 members (excludes halogenated alkanes) is 6. The van der Waals surface area contributed by atoms with Crippen molar-refractivity contribution in [3.05, 3.63) is 47.5 Å². The number of hydrogen-bond acceptors (Lipinski definition) is 11. The van der Waals surface area contributed by atoms with Crippen molar-refractivity contribution in [2.45, 2.75) is 152 Å². The Kier molecular flexibility index (Phi) is 16.3. The van der Waals surface area contributed by atoms with Gasteiger partial charge in [-0.15, -0.1) is 0 Å². The summed E-state index contributed by atoms with van der Waals surface area (Å²) in [6.07, 6.45) is 10.6. The van der Waals surface area contributed by atoms with Gasteiger partial charge in [0.15, 0.2) is 5.75 Å². The Morgan fingerprint density at radius 2 is 1.72 bits per heavy atom. The summed E-state index contributed by atoms with van der Waals surface area (Å²) >= 11 is 2.27. The molecule has 0 spiro atoms. The molecule has 3 heterocycles. The van der Waals surface area contributed by atoms with Gasteiger partial charge in [-0.2, -0.15) is 0 Å². The standard InChI is InChI=1S/C38H55B2IO12/c1-5-6-10-13-30(29(42)22-34-32(48-34)14-11-8-7-9-12-15-37(43)44)46-24-27-17-19-33-36(20-27)52-40(50-33)51-35-21-28(16-18-31(35)45-4)25-47-39-49-26(2)23-38(3,41)53-39/h16-21,26,29-30,32,34,42H,5-15,22-25H2,1-4H3,(H,43,44). The van der Waals surface area contributed by atoms with Crippen LogP contribution < -0.4 is 18.7 Å². The van der Waals surface area contributed by atoms with Gasteiger partial charge in [0.05, 0.1) is 44.7 Å². The smallest absolute Gasteiger partial charge is 0.493 e. The minimum atomic E-state index is -1.02. The predicted molar refractivity (Wildman–Crippen MR) is 208 cm³/mol. The monoisotopic (exact) mass is 852 g/mol. The number of hydrogen-bond donors (Lipinski definition) is 2. The number of carboxylic acid groups (broad SMARTS) is 1. The van der Waals surface area contributed by atoms with Gasteiger partial charge in [-0.05, 0) is 91.1 Å². The van der Waals surface area contributed by atoms with Gasteiger partial charge in [-0.1, -0.05) is 64.0 Å². The number of halogens is 1. The molecule has 0 radical (unpaired) electrons. The number of benzene rings is 2. The third-order valence-corrected chi connectivity index (χ3v) is 10.4. The van der Waals surface area contributed by atoms with E-state index in [-0.39, 0.29) is 41.1 Å². The number of epoxide rings is 1. The van der Waals surface area contributed by atoms with Gasteiger partial charge in [-0.3, -0.25) is 4.79 Å². The topological polar surface area (TPSA) is 144 Å². The third kappa shape index (κ3) is 13.8. The second-order valence-electron chi connectivity index (χ2n) is 14.4. The minimum absolute atomic E-state index is 0.0163. The fourth-order valence-electron chi connectivity index (χ4n) is 6.75. The summed E-state index contributed by atoms with van der Waals surface area (Å²) in [5, 5.41) is 20.0. The van der Waals surface area contributed by atoms with E-state index in [4.69, 9.17) is 47.2 Å². The fraction of sp³-hybridized carbons (Fsp3) is 0.658. The van der Waals surface area contributed by atoms with E-state index in [9.17, 15) is 9.90 Å². The summed E-state index contributed by atoms with van der Waals surface area (Å²) in [6.45, 7) is 6.73. The van der Waals surface area contributed by atoms with E-state index in [0.717, 1.165) is 81.8 Å². The zero-order chi connectivity index (χ0) is 37.8. The first-order chi connectivity index (χ1) is 25.5. The van der Waals surface area contributed by atoms with Crippen molar-refractivity contribution in [1.82, 2.24) is 0 Å². The van der Waals surface area contributed by atoms with Crippen LogP contribution in [-0.2, 0) is 41.4 Å². The first-order valence-corrected chi connectivity index (χ1v) is 20.2. The van der Waals surface area contributed by atoms with Crippen LogP contribution in [0.15, 0.2) is 36.4 Å². The molecular formula is C38H55B2IO12. The molecule has 15 heteroatoms. The molecule has 2 saturated heterocycles. The van der Waals surface area contributed by atoms with Gasteiger partial charge in [0.2, 0.25) is 0 Å². The average molecular weight is 852 g/mol. The Labute approximate surface area is 328 Å². The maximum absolute atomic E-state index is 11.2. The highest BCUT2D eigenvalue weighted by Crippen LogP contribution is 2.38. The van der Waals surface area contributed by atoms with Gasteiger partial charge in [0.1, 0.15) is 20.9 Å². The zero-order valence-corrected chi connectivity index (χ0v) is 33.6. The molecule has 6 atom stereocenters. The second-order valence-corrected chi connectivity index (χ2v) is 16.7. The van der Waals surface area contributed by atoms with Crippen LogP contribution >= 0.6 is 22.6 Å². The summed E-state index contributed by atoms with van der Waals surface area (Å²) in [6, 6.07) is 11.1. The number of carboxylic acids is 1. The minimum Gasteiger partial charge on any atom is -0.493 e. The van der Waals surface area contributed by atoms with Gasteiger partial charge in [0, 0.05) is 25.4 Å². The van der Waals surface area contributed by atoms with Crippen molar-refractivity contribution >= 4 is 43.2 Å². The van der Waals surface area contributed by atoms with Gasteiger partial charge < -0.3 is 52.3 Å². The van der Waals surface area contributed by atoms with E-state index in [1.165, 1.54) is 0 Å². The number of alkyl halides is 1. The number of aliphatic hydroxyl groups excluding tert-OH is 1. The lowest BCUT2D eigenvalue weighted by Crippen LogP contribution is -2.45. The van der Waals surface area contributed by atoms with Crippen molar-refractivity contribution in [1.29, 1.82) is 0 Å².